The van der Waals surface area contributed by atoms with Crippen molar-refractivity contribution in [3.8, 4) is 0 Å². The predicted octanol–water partition coefficient (Wildman–Crippen LogP) is 0.620. The Morgan fingerprint density at radius 3 is 3.00 bits per heavy atom. The molecule has 4 nitrogen and oxygen atoms in total. The number of hydrogen-bond donors (Lipinski definition) is 1. The van der Waals surface area contributed by atoms with Crippen LogP contribution in [-0.4, -0.2) is 59.0 Å². The van der Waals surface area contributed by atoms with Gasteiger partial charge in [-0.05, 0) is 25.2 Å². The van der Waals surface area contributed by atoms with Gasteiger partial charge in [-0.15, -0.1) is 0 Å². The molecule has 0 aromatic heterocycles. The van der Waals surface area contributed by atoms with Crippen molar-refractivity contribution in [1.29, 1.82) is 0 Å². The SMILES string of the molecule is O=C1C=C2C3CC(CN2CC1)C1CC(O)CCN1C3. The normalized spacial score (nSPS) is 42.5. The van der Waals surface area contributed by atoms with Crippen molar-refractivity contribution >= 4 is 5.78 Å². The van der Waals surface area contributed by atoms with Crippen LogP contribution in [-0.2, 0) is 4.79 Å². The topological polar surface area (TPSA) is 43.8 Å². The molecule has 4 aliphatic heterocycles. The third-order valence-electron chi connectivity index (χ3n) is 5.49. The second-order valence-electron chi connectivity index (χ2n) is 6.66. The van der Waals surface area contributed by atoms with E-state index in [1.54, 1.807) is 0 Å². The summed E-state index contributed by atoms with van der Waals surface area (Å²) >= 11 is 0. The first-order valence-electron chi connectivity index (χ1n) is 7.62. The summed E-state index contributed by atoms with van der Waals surface area (Å²) < 4.78 is 0. The third kappa shape index (κ3) is 1.93. The number of hydrogen-bond acceptors (Lipinski definition) is 4. The van der Waals surface area contributed by atoms with Gasteiger partial charge < -0.3 is 10.0 Å². The molecule has 0 saturated carbocycles. The van der Waals surface area contributed by atoms with Crippen LogP contribution in [0.4, 0.5) is 0 Å². The maximum absolute atomic E-state index is 11.7. The first-order valence-corrected chi connectivity index (χ1v) is 7.62. The molecular formula is C15H22N2O2. The summed E-state index contributed by atoms with van der Waals surface area (Å²) in [5.74, 6) is 1.54. The van der Waals surface area contributed by atoms with Gasteiger partial charge in [-0.25, -0.2) is 0 Å². The van der Waals surface area contributed by atoms with Gasteiger partial charge in [0.25, 0.3) is 0 Å². The van der Waals surface area contributed by atoms with Crippen molar-refractivity contribution in [2.75, 3.05) is 26.2 Å². The fourth-order valence-electron chi connectivity index (χ4n) is 4.59. The van der Waals surface area contributed by atoms with Gasteiger partial charge in [0.15, 0.2) is 5.78 Å². The van der Waals surface area contributed by atoms with Crippen molar-refractivity contribution in [2.45, 2.75) is 37.8 Å². The summed E-state index contributed by atoms with van der Waals surface area (Å²) in [6.07, 6.45) is 5.56. The molecule has 4 aliphatic rings. The van der Waals surface area contributed by atoms with Gasteiger partial charge in [0, 0.05) is 56.3 Å². The standard InChI is InChI=1S/C15H22N2O2/c18-12-1-3-16-8-10-5-11(14(16)6-12)9-17-4-2-13(19)7-15(10)17/h6,10-11,13,15,19H,1-5,7-9H2. The average Bonchev–Trinajstić information content (AvgIpc) is 2.41. The van der Waals surface area contributed by atoms with Crippen LogP contribution in [0.1, 0.15) is 25.7 Å². The Balaban J connectivity index is 1.61. The minimum Gasteiger partial charge on any atom is -0.393 e. The van der Waals surface area contributed by atoms with E-state index in [1.165, 1.54) is 12.1 Å². The Morgan fingerprint density at radius 2 is 2.11 bits per heavy atom. The van der Waals surface area contributed by atoms with E-state index in [2.05, 4.69) is 9.80 Å². The van der Waals surface area contributed by atoms with Crippen LogP contribution < -0.4 is 0 Å². The van der Waals surface area contributed by atoms with Crippen molar-refractivity contribution in [3.63, 3.8) is 0 Å². The van der Waals surface area contributed by atoms with Crippen LogP contribution in [0.5, 0.6) is 0 Å². The molecule has 0 amide bonds. The molecule has 0 aliphatic carbocycles. The van der Waals surface area contributed by atoms with Gasteiger partial charge in [0.2, 0.25) is 0 Å². The van der Waals surface area contributed by atoms with Crippen molar-refractivity contribution in [1.82, 2.24) is 9.80 Å². The minimum absolute atomic E-state index is 0.0994. The molecule has 0 aromatic carbocycles. The second-order valence-corrected chi connectivity index (χ2v) is 6.66. The molecule has 3 fully saturated rings. The van der Waals surface area contributed by atoms with Crippen LogP contribution in [0.25, 0.3) is 0 Å². The van der Waals surface area contributed by atoms with E-state index in [0.29, 0.717) is 30.1 Å². The molecule has 2 bridgehead atoms. The number of rotatable bonds is 0. The molecule has 19 heavy (non-hydrogen) atoms. The lowest BCUT2D eigenvalue weighted by Crippen LogP contribution is -2.60. The molecule has 0 radical (unpaired) electrons. The molecule has 3 saturated heterocycles. The zero-order valence-corrected chi connectivity index (χ0v) is 11.3. The monoisotopic (exact) mass is 262 g/mol. The number of piperidine rings is 3. The Labute approximate surface area is 114 Å². The number of ketones is 1. The second kappa shape index (κ2) is 4.32. The molecule has 4 unspecified atom stereocenters. The van der Waals surface area contributed by atoms with Crippen LogP contribution >= 0.6 is 0 Å². The lowest BCUT2D eigenvalue weighted by Gasteiger charge is -2.55. The summed E-state index contributed by atoms with van der Waals surface area (Å²) in [5.41, 5.74) is 1.30. The van der Waals surface area contributed by atoms with Gasteiger partial charge in [0.05, 0.1) is 6.10 Å². The number of nitrogens with zero attached hydrogens (tertiary/aromatic N) is 2. The summed E-state index contributed by atoms with van der Waals surface area (Å²) in [4.78, 5) is 16.7. The van der Waals surface area contributed by atoms with E-state index in [0.717, 1.165) is 39.0 Å². The molecular weight excluding hydrogens is 240 g/mol. The van der Waals surface area contributed by atoms with E-state index < -0.39 is 0 Å². The number of carbonyl (C=O) groups excluding carboxylic acids is 1. The van der Waals surface area contributed by atoms with Crippen LogP contribution in [0, 0.1) is 11.8 Å². The number of allylic oxidation sites excluding steroid dienone is 1. The van der Waals surface area contributed by atoms with E-state index in [4.69, 9.17) is 0 Å². The summed E-state index contributed by atoms with van der Waals surface area (Å²) in [7, 11) is 0. The minimum atomic E-state index is -0.0994. The molecule has 1 N–H and O–H groups in total. The molecule has 4 rings (SSSR count). The Morgan fingerprint density at radius 1 is 1.21 bits per heavy atom. The highest BCUT2D eigenvalue weighted by Crippen LogP contribution is 2.42. The first-order chi connectivity index (χ1) is 9.20. The Bertz CT molecular complexity index is 434. The number of aliphatic hydroxyl groups excluding tert-OH is 1. The quantitative estimate of drug-likeness (QED) is 0.695. The van der Waals surface area contributed by atoms with Gasteiger partial charge in [-0.2, -0.15) is 0 Å². The van der Waals surface area contributed by atoms with Crippen molar-refractivity contribution in [3.05, 3.63) is 11.8 Å². The van der Waals surface area contributed by atoms with Gasteiger partial charge in [-0.1, -0.05) is 0 Å². The highest BCUT2D eigenvalue weighted by molar-refractivity contribution is 5.91. The average molecular weight is 262 g/mol. The Kier molecular flexibility index (Phi) is 2.71. The van der Waals surface area contributed by atoms with E-state index in [-0.39, 0.29) is 6.10 Å². The van der Waals surface area contributed by atoms with Gasteiger partial charge in [0.1, 0.15) is 0 Å². The maximum atomic E-state index is 11.7. The van der Waals surface area contributed by atoms with E-state index >= 15 is 0 Å². The molecule has 0 aromatic rings. The third-order valence-corrected chi connectivity index (χ3v) is 5.49. The smallest absolute Gasteiger partial charge is 0.159 e. The first kappa shape index (κ1) is 11.9. The van der Waals surface area contributed by atoms with Crippen LogP contribution in [0.3, 0.4) is 0 Å². The maximum Gasteiger partial charge on any atom is 0.159 e. The highest BCUT2D eigenvalue weighted by Gasteiger charge is 2.45. The van der Waals surface area contributed by atoms with Gasteiger partial charge in [-0.3, -0.25) is 9.69 Å². The number of carbonyl (C=O) groups is 1. The van der Waals surface area contributed by atoms with Crippen LogP contribution in [0.2, 0.25) is 0 Å². The molecule has 4 atom stereocenters. The van der Waals surface area contributed by atoms with Gasteiger partial charge >= 0.3 is 0 Å². The summed E-state index contributed by atoms with van der Waals surface area (Å²) in [6, 6.07) is 0.569. The largest absolute Gasteiger partial charge is 0.393 e. The number of aliphatic hydroxyl groups is 1. The summed E-state index contributed by atoms with van der Waals surface area (Å²) in [6.45, 7) is 4.11. The molecule has 104 valence electrons. The zero-order valence-electron chi connectivity index (χ0n) is 11.3. The fraction of sp³-hybridized carbons (Fsp3) is 0.800. The fourth-order valence-corrected chi connectivity index (χ4v) is 4.59. The lowest BCUT2D eigenvalue weighted by atomic mass is 9.73. The molecule has 4 heterocycles. The Hall–Kier alpha value is -0.870. The number of fused-ring (bicyclic) bond motifs is 6. The highest BCUT2D eigenvalue weighted by atomic mass is 16.3. The lowest BCUT2D eigenvalue weighted by molar-refractivity contribution is -0.116. The van der Waals surface area contributed by atoms with E-state index in [1.807, 2.05) is 6.08 Å². The van der Waals surface area contributed by atoms with Crippen LogP contribution in [0.15, 0.2) is 11.8 Å². The van der Waals surface area contributed by atoms with Crippen molar-refractivity contribution < 1.29 is 9.90 Å². The molecule has 0 spiro atoms. The summed E-state index contributed by atoms with van der Waals surface area (Å²) in [5, 5.41) is 9.92. The zero-order chi connectivity index (χ0) is 13.0. The van der Waals surface area contributed by atoms with E-state index in [9.17, 15) is 9.90 Å². The predicted molar refractivity (Wildman–Crippen MR) is 71.5 cm³/mol. The van der Waals surface area contributed by atoms with Crippen molar-refractivity contribution in [2.24, 2.45) is 11.8 Å². The molecule has 4 heteroatoms.